The fraction of sp³-hybridized carbons (Fsp3) is 0. The third kappa shape index (κ3) is 2.60. The molecule has 5 heteroatoms. The Kier molecular flexibility index (Phi) is 3.29. The number of hydrogen-bond donors (Lipinski definition) is 1. The van der Waals surface area contributed by atoms with Crippen molar-refractivity contribution in [1.29, 1.82) is 0 Å². The van der Waals surface area contributed by atoms with Gasteiger partial charge in [0.2, 0.25) is 0 Å². The van der Waals surface area contributed by atoms with Gasteiger partial charge in [-0.1, -0.05) is 6.07 Å². The van der Waals surface area contributed by atoms with Crippen LogP contribution >= 0.6 is 0 Å². The first-order valence-electron chi connectivity index (χ1n) is 5.43. The van der Waals surface area contributed by atoms with Gasteiger partial charge in [0.05, 0.1) is 10.5 Å². The van der Waals surface area contributed by atoms with Crippen molar-refractivity contribution in [2.75, 3.05) is 0 Å². The molecule has 0 saturated carbocycles. The predicted molar refractivity (Wildman–Crippen MR) is 70.0 cm³/mol. The lowest BCUT2D eigenvalue weighted by molar-refractivity contribution is -0.384. The summed E-state index contributed by atoms with van der Waals surface area (Å²) in [5.41, 5.74) is 2.15. The van der Waals surface area contributed by atoms with Crippen molar-refractivity contribution < 1.29 is 14.8 Å². The zero-order valence-electron chi connectivity index (χ0n) is 9.87. The van der Waals surface area contributed by atoms with Gasteiger partial charge in [0.1, 0.15) is 0 Å². The lowest BCUT2D eigenvalue weighted by Gasteiger charge is -2.07. The summed E-state index contributed by atoms with van der Waals surface area (Å²) >= 11 is 0. The molecule has 19 heavy (non-hydrogen) atoms. The molecule has 95 valence electrons. The number of nitro groups is 1. The number of hydrogen-bond acceptors (Lipinski definition) is 3. The number of aromatic carboxylic acids is 1. The molecule has 0 spiro atoms. The van der Waals surface area contributed by atoms with Crippen LogP contribution in [0.15, 0.2) is 42.5 Å². The minimum atomic E-state index is -1.02. The van der Waals surface area contributed by atoms with Gasteiger partial charge in [0, 0.05) is 12.1 Å². The van der Waals surface area contributed by atoms with E-state index in [0.29, 0.717) is 16.7 Å². The minimum absolute atomic E-state index is 0.0104. The van der Waals surface area contributed by atoms with Gasteiger partial charge in [-0.05, 0) is 47.9 Å². The summed E-state index contributed by atoms with van der Waals surface area (Å²) in [7, 11) is 0. The highest BCUT2D eigenvalue weighted by molar-refractivity contribution is 5.90. The van der Waals surface area contributed by atoms with Crippen LogP contribution in [0.4, 0.5) is 5.69 Å². The Balaban J connectivity index is 2.48. The van der Waals surface area contributed by atoms with E-state index in [1.54, 1.807) is 18.2 Å². The summed E-state index contributed by atoms with van der Waals surface area (Å²) in [6.45, 7) is 3.83. The molecule has 2 rings (SSSR count). The third-order valence-corrected chi connectivity index (χ3v) is 2.75. The third-order valence-electron chi connectivity index (χ3n) is 2.75. The van der Waals surface area contributed by atoms with Gasteiger partial charge in [0.15, 0.2) is 0 Å². The van der Waals surface area contributed by atoms with Crippen molar-refractivity contribution in [2.24, 2.45) is 0 Å². The molecular formula is C14H10NO4. The van der Waals surface area contributed by atoms with E-state index in [-0.39, 0.29) is 11.3 Å². The quantitative estimate of drug-likeness (QED) is 0.675. The van der Waals surface area contributed by atoms with Crippen molar-refractivity contribution in [2.45, 2.75) is 0 Å². The van der Waals surface area contributed by atoms with Crippen LogP contribution in [-0.2, 0) is 0 Å². The molecule has 2 aromatic carbocycles. The van der Waals surface area contributed by atoms with E-state index in [9.17, 15) is 14.9 Å². The zero-order valence-corrected chi connectivity index (χ0v) is 9.87. The van der Waals surface area contributed by atoms with Gasteiger partial charge in [-0.2, -0.15) is 0 Å². The van der Waals surface area contributed by atoms with Crippen LogP contribution in [0.25, 0.3) is 11.1 Å². The topological polar surface area (TPSA) is 80.4 Å². The standard InChI is InChI=1S/C14H10NO4/c1-9-2-3-11(14(16)17)8-13(9)10-4-6-12(7-5-10)15(18)19/h2-8H,1H2,(H,16,17). The van der Waals surface area contributed by atoms with Gasteiger partial charge in [-0.25, -0.2) is 4.79 Å². The Labute approximate surface area is 109 Å². The number of non-ortho nitro benzene ring substituents is 1. The van der Waals surface area contributed by atoms with Crippen LogP contribution in [0.3, 0.4) is 0 Å². The maximum Gasteiger partial charge on any atom is 0.335 e. The van der Waals surface area contributed by atoms with Gasteiger partial charge in [-0.15, -0.1) is 0 Å². The van der Waals surface area contributed by atoms with E-state index in [2.05, 4.69) is 6.92 Å². The maximum atomic E-state index is 10.9. The van der Waals surface area contributed by atoms with Gasteiger partial charge in [-0.3, -0.25) is 10.1 Å². The Morgan fingerprint density at radius 2 is 1.79 bits per heavy atom. The lowest BCUT2D eigenvalue weighted by Crippen LogP contribution is -1.97. The highest BCUT2D eigenvalue weighted by Gasteiger charge is 2.10. The number of nitro benzene ring substituents is 1. The average molecular weight is 256 g/mol. The number of rotatable bonds is 3. The molecule has 0 heterocycles. The molecule has 0 saturated heterocycles. The second-order valence-electron chi connectivity index (χ2n) is 3.98. The molecule has 1 radical (unpaired) electrons. The van der Waals surface area contributed by atoms with E-state index in [0.717, 1.165) is 0 Å². The molecule has 0 fully saturated rings. The second-order valence-corrected chi connectivity index (χ2v) is 3.98. The summed E-state index contributed by atoms with van der Waals surface area (Å²) in [5, 5.41) is 19.5. The SMILES string of the molecule is [CH2]c1ccc(C(=O)O)cc1-c1ccc([N+](=O)[O-])cc1. The van der Waals surface area contributed by atoms with Crippen LogP contribution in [0.2, 0.25) is 0 Å². The molecule has 0 aliphatic heterocycles. The van der Waals surface area contributed by atoms with Crippen molar-refractivity contribution in [1.82, 2.24) is 0 Å². The number of nitrogens with zero attached hydrogens (tertiary/aromatic N) is 1. The first kappa shape index (κ1) is 12.8. The summed E-state index contributed by atoms with van der Waals surface area (Å²) in [6, 6.07) is 10.5. The van der Waals surface area contributed by atoms with Crippen LogP contribution < -0.4 is 0 Å². The van der Waals surface area contributed by atoms with Crippen LogP contribution in [0.1, 0.15) is 15.9 Å². The van der Waals surface area contributed by atoms with Crippen molar-refractivity contribution in [3.8, 4) is 11.1 Å². The Morgan fingerprint density at radius 3 is 2.32 bits per heavy atom. The summed E-state index contributed by atoms with van der Waals surface area (Å²) in [6.07, 6.45) is 0. The largest absolute Gasteiger partial charge is 0.478 e. The molecule has 5 nitrogen and oxygen atoms in total. The first-order valence-corrected chi connectivity index (χ1v) is 5.43. The Bertz CT molecular complexity index is 647. The molecule has 0 unspecified atom stereocenters. The number of benzene rings is 2. The van der Waals surface area contributed by atoms with Gasteiger partial charge in [0.25, 0.3) is 5.69 Å². The van der Waals surface area contributed by atoms with Crippen LogP contribution in [0.5, 0.6) is 0 Å². The molecule has 0 atom stereocenters. The lowest BCUT2D eigenvalue weighted by atomic mass is 9.98. The molecule has 0 amide bonds. The molecule has 0 aromatic heterocycles. The summed E-state index contributed by atoms with van der Waals surface area (Å²) < 4.78 is 0. The zero-order chi connectivity index (χ0) is 14.0. The summed E-state index contributed by atoms with van der Waals surface area (Å²) in [5.74, 6) is -1.02. The number of carboxylic acids is 1. The molecule has 0 aliphatic carbocycles. The number of carboxylic acid groups (broad SMARTS) is 1. The smallest absolute Gasteiger partial charge is 0.335 e. The Hall–Kier alpha value is -2.69. The summed E-state index contributed by atoms with van der Waals surface area (Å²) in [4.78, 5) is 21.0. The van der Waals surface area contributed by atoms with Crippen molar-refractivity contribution >= 4 is 11.7 Å². The first-order chi connectivity index (χ1) is 8.99. The minimum Gasteiger partial charge on any atom is -0.478 e. The number of carbonyl (C=O) groups is 1. The second kappa shape index (κ2) is 4.89. The normalized spacial score (nSPS) is 10.2. The monoisotopic (exact) mass is 256 g/mol. The molecule has 1 N–H and O–H groups in total. The van der Waals surface area contributed by atoms with E-state index in [1.165, 1.54) is 24.3 Å². The molecule has 2 aromatic rings. The van der Waals surface area contributed by atoms with E-state index in [1.807, 2.05) is 0 Å². The predicted octanol–water partition coefficient (Wildman–Crippen LogP) is 3.14. The van der Waals surface area contributed by atoms with Gasteiger partial charge < -0.3 is 5.11 Å². The van der Waals surface area contributed by atoms with E-state index >= 15 is 0 Å². The average Bonchev–Trinajstić information content (AvgIpc) is 2.39. The Morgan fingerprint density at radius 1 is 1.16 bits per heavy atom. The van der Waals surface area contributed by atoms with Crippen LogP contribution in [0, 0.1) is 17.0 Å². The van der Waals surface area contributed by atoms with Crippen molar-refractivity contribution in [3.63, 3.8) is 0 Å². The fourth-order valence-corrected chi connectivity index (χ4v) is 1.74. The van der Waals surface area contributed by atoms with E-state index in [4.69, 9.17) is 5.11 Å². The van der Waals surface area contributed by atoms with E-state index < -0.39 is 10.9 Å². The molecule has 0 aliphatic rings. The van der Waals surface area contributed by atoms with Gasteiger partial charge >= 0.3 is 5.97 Å². The highest BCUT2D eigenvalue weighted by atomic mass is 16.6. The fourth-order valence-electron chi connectivity index (χ4n) is 1.74. The van der Waals surface area contributed by atoms with Crippen molar-refractivity contribution in [3.05, 3.63) is 70.6 Å². The highest BCUT2D eigenvalue weighted by Crippen LogP contribution is 2.26. The molecule has 0 bridgehead atoms. The van der Waals surface area contributed by atoms with Crippen LogP contribution in [-0.4, -0.2) is 16.0 Å². The maximum absolute atomic E-state index is 10.9. The molecular weight excluding hydrogens is 246 g/mol.